The fourth-order valence-electron chi connectivity index (χ4n) is 4.87. The minimum atomic E-state index is -1.01. The molecule has 1 unspecified atom stereocenters. The van der Waals surface area contributed by atoms with E-state index >= 15 is 0 Å². The lowest BCUT2D eigenvalue weighted by Gasteiger charge is -2.38. The number of rotatable bonds is 4. The maximum Gasteiger partial charge on any atom is 0.258 e. The fourth-order valence-corrected chi connectivity index (χ4v) is 4.87. The lowest BCUT2D eigenvalue weighted by molar-refractivity contribution is 0.176. The van der Waals surface area contributed by atoms with E-state index in [9.17, 15) is 18.7 Å². The molecular formula is C22H24F2N6O2. The standard InChI is InChI=1S/C22H24F2N6O2/c1-3-30-10-15(23)12-7-14(18(31)8-13(12)22(30)32)21-25-9-19(27-28-21)29(2)17-6-11-4-5-16(26-11)20(17)24/h7-11,16-17,20,26,31H,3-6H2,1-2H3/t11-,16?,17-,20+/m0/s1. The average Bonchev–Trinajstić information content (AvgIpc) is 3.21. The van der Waals surface area contributed by atoms with E-state index in [0.717, 1.165) is 19.0 Å². The molecule has 32 heavy (non-hydrogen) atoms. The molecule has 0 aliphatic carbocycles. The van der Waals surface area contributed by atoms with Gasteiger partial charge in [-0.3, -0.25) is 4.79 Å². The summed E-state index contributed by atoms with van der Waals surface area (Å²) in [5.74, 6) is -0.325. The van der Waals surface area contributed by atoms with Gasteiger partial charge in [-0.2, -0.15) is 0 Å². The third-order valence-corrected chi connectivity index (χ3v) is 6.70. The molecule has 0 radical (unpaired) electrons. The average molecular weight is 442 g/mol. The molecule has 1 aromatic carbocycles. The van der Waals surface area contributed by atoms with Crippen LogP contribution in [0.4, 0.5) is 14.6 Å². The summed E-state index contributed by atoms with van der Waals surface area (Å²) in [6, 6.07) is 2.43. The quantitative estimate of drug-likeness (QED) is 0.641. The Kier molecular flexibility index (Phi) is 5.04. The molecule has 2 aliphatic heterocycles. The summed E-state index contributed by atoms with van der Waals surface area (Å²) in [6.45, 7) is 2.05. The van der Waals surface area contributed by atoms with Crippen molar-refractivity contribution in [2.24, 2.45) is 0 Å². The second-order valence-corrected chi connectivity index (χ2v) is 8.53. The summed E-state index contributed by atoms with van der Waals surface area (Å²) in [5.41, 5.74) is -0.228. The number of halogens is 2. The Labute approximate surface area is 182 Å². The highest BCUT2D eigenvalue weighted by Gasteiger charge is 2.43. The number of nitrogens with zero attached hydrogens (tertiary/aromatic N) is 5. The molecular weight excluding hydrogens is 418 g/mol. The number of aryl methyl sites for hydroxylation is 1. The van der Waals surface area contributed by atoms with E-state index < -0.39 is 17.5 Å². The Hall–Kier alpha value is -3.14. The highest BCUT2D eigenvalue weighted by atomic mass is 19.1. The number of nitrogens with one attached hydrogen (secondary N) is 1. The van der Waals surface area contributed by atoms with Gasteiger partial charge >= 0.3 is 0 Å². The van der Waals surface area contributed by atoms with Crippen molar-refractivity contribution in [1.82, 2.24) is 25.1 Å². The maximum absolute atomic E-state index is 14.9. The number of benzene rings is 1. The molecule has 3 aromatic rings. The number of alkyl halides is 1. The SMILES string of the molecule is CCn1cc(F)c2cc(-c3ncc(N(C)[C@H]4C[C@@H]5CCC(N5)[C@H]4F)nn3)c(O)cc2c1=O. The number of piperidine rings is 1. The van der Waals surface area contributed by atoms with Crippen molar-refractivity contribution < 1.29 is 13.9 Å². The smallest absolute Gasteiger partial charge is 0.258 e. The summed E-state index contributed by atoms with van der Waals surface area (Å²) in [5, 5.41) is 22.2. The topological polar surface area (TPSA) is 96.2 Å². The zero-order valence-corrected chi connectivity index (χ0v) is 17.8. The van der Waals surface area contributed by atoms with Crippen LogP contribution >= 0.6 is 0 Å². The van der Waals surface area contributed by atoms with Crippen molar-refractivity contribution in [3.63, 3.8) is 0 Å². The molecule has 4 atom stereocenters. The molecule has 8 nitrogen and oxygen atoms in total. The number of pyridine rings is 1. The number of hydrogen-bond donors (Lipinski definition) is 2. The molecule has 4 heterocycles. The predicted octanol–water partition coefficient (Wildman–Crippen LogP) is 2.39. The van der Waals surface area contributed by atoms with Crippen LogP contribution < -0.4 is 15.8 Å². The van der Waals surface area contributed by atoms with Crippen molar-refractivity contribution in [3.8, 4) is 17.1 Å². The number of aromatic nitrogens is 4. The van der Waals surface area contributed by atoms with E-state index in [2.05, 4.69) is 20.5 Å². The van der Waals surface area contributed by atoms with E-state index in [1.165, 1.54) is 22.9 Å². The van der Waals surface area contributed by atoms with Gasteiger partial charge in [-0.05, 0) is 38.3 Å². The van der Waals surface area contributed by atoms with Gasteiger partial charge in [0.25, 0.3) is 5.56 Å². The summed E-state index contributed by atoms with van der Waals surface area (Å²) >= 11 is 0. The number of aromatic hydroxyl groups is 1. The van der Waals surface area contributed by atoms with E-state index in [0.29, 0.717) is 24.8 Å². The van der Waals surface area contributed by atoms with Gasteiger partial charge in [-0.25, -0.2) is 13.8 Å². The van der Waals surface area contributed by atoms with Crippen LogP contribution in [0.15, 0.2) is 29.3 Å². The van der Waals surface area contributed by atoms with Crippen molar-refractivity contribution in [2.75, 3.05) is 11.9 Å². The van der Waals surface area contributed by atoms with Gasteiger partial charge in [-0.15, -0.1) is 10.2 Å². The first-order chi connectivity index (χ1) is 15.4. The van der Waals surface area contributed by atoms with E-state index in [1.54, 1.807) is 18.9 Å². The minimum absolute atomic E-state index is 0.0720. The Morgan fingerprint density at radius 3 is 2.81 bits per heavy atom. The summed E-state index contributed by atoms with van der Waals surface area (Å²) in [4.78, 5) is 18.5. The van der Waals surface area contributed by atoms with Gasteiger partial charge in [0, 0.05) is 37.3 Å². The molecule has 0 saturated carbocycles. The number of phenols is 1. The second-order valence-electron chi connectivity index (χ2n) is 8.53. The Bertz CT molecular complexity index is 1230. The van der Waals surface area contributed by atoms with Crippen LogP contribution in [-0.4, -0.2) is 56.2 Å². The van der Waals surface area contributed by atoms with Crippen molar-refractivity contribution >= 4 is 16.6 Å². The third kappa shape index (κ3) is 3.29. The number of phenolic OH excluding ortho intramolecular Hbond substituents is 1. The van der Waals surface area contributed by atoms with Crippen molar-refractivity contribution in [2.45, 2.75) is 57.0 Å². The van der Waals surface area contributed by atoms with Gasteiger partial charge in [0.1, 0.15) is 17.7 Å². The van der Waals surface area contributed by atoms with E-state index in [-0.39, 0.29) is 40.0 Å². The summed E-state index contributed by atoms with van der Waals surface area (Å²) in [7, 11) is 1.77. The molecule has 2 aromatic heterocycles. The molecule has 0 amide bonds. The van der Waals surface area contributed by atoms with Crippen molar-refractivity contribution in [1.29, 1.82) is 0 Å². The van der Waals surface area contributed by atoms with Crippen LogP contribution in [0.2, 0.25) is 0 Å². The number of fused-ring (bicyclic) bond motifs is 3. The van der Waals surface area contributed by atoms with Gasteiger partial charge in [0.05, 0.1) is 23.2 Å². The summed E-state index contributed by atoms with van der Waals surface area (Å²) in [6.07, 6.45) is 4.08. The lowest BCUT2D eigenvalue weighted by Crippen LogP contribution is -2.55. The van der Waals surface area contributed by atoms with Gasteiger partial charge in [0.2, 0.25) is 0 Å². The predicted molar refractivity (Wildman–Crippen MR) is 116 cm³/mol. The second kappa shape index (κ2) is 7.77. The largest absolute Gasteiger partial charge is 0.507 e. The molecule has 10 heteroatoms. The summed E-state index contributed by atoms with van der Waals surface area (Å²) < 4.78 is 30.7. The minimum Gasteiger partial charge on any atom is -0.507 e. The first-order valence-electron chi connectivity index (χ1n) is 10.8. The van der Waals surface area contributed by atoms with Crippen LogP contribution in [0.3, 0.4) is 0 Å². The molecule has 2 fully saturated rings. The van der Waals surface area contributed by atoms with Gasteiger partial charge in [-0.1, -0.05) is 0 Å². The number of anilines is 1. The highest BCUT2D eigenvalue weighted by molar-refractivity contribution is 5.89. The Morgan fingerprint density at radius 1 is 1.28 bits per heavy atom. The molecule has 5 rings (SSSR count). The zero-order chi connectivity index (χ0) is 22.6. The van der Waals surface area contributed by atoms with Gasteiger partial charge < -0.3 is 19.9 Å². The van der Waals surface area contributed by atoms with E-state index in [4.69, 9.17) is 0 Å². The maximum atomic E-state index is 14.9. The number of hydrogen-bond acceptors (Lipinski definition) is 7. The lowest BCUT2D eigenvalue weighted by atomic mass is 9.96. The Morgan fingerprint density at radius 2 is 2.09 bits per heavy atom. The molecule has 0 spiro atoms. The third-order valence-electron chi connectivity index (χ3n) is 6.70. The van der Waals surface area contributed by atoms with Gasteiger partial charge in [0.15, 0.2) is 11.6 Å². The molecule has 2 bridgehead atoms. The van der Waals surface area contributed by atoms with Crippen LogP contribution in [0.5, 0.6) is 5.75 Å². The molecule has 2 saturated heterocycles. The van der Waals surface area contributed by atoms with Crippen LogP contribution in [-0.2, 0) is 6.54 Å². The normalized spacial score (nSPS) is 24.8. The monoisotopic (exact) mass is 442 g/mol. The first kappa shape index (κ1) is 20.7. The van der Waals surface area contributed by atoms with E-state index in [1.807, 2.05) is 0 Å². The first-order valence-corrected chi connectivity index (χ1v) is 10.8. The van der Waals surface area contributed by atoms with Crippen LogP contribution in [0.25, 0.3) is 22.2 Å². The molecule has 168 valence electrons. The van der Waals surface area contributed by atoms with Crippen LogP contribution in [0, 0.1) is 5.82 Å². The molecule has 2 N–H and O–H groups in total. The fraction of sp³-hybridized carbons (Fsp3) is 0.455. The zero-order valence-electron chi connectivity index (χ0n) is 17.8. The highest BCUT2D eigenvalue weighted by Crippen LogP contribution is 2.34. The molecule has 2 aliphatic rings. The van der Waals surface area contributed by atoms with Crippen molar-refractivity contribution in [3.05, 3.63) is 40.7 Å². The Balaban J connectivity index is 1.47. The van der Waals surface area contributed by atoms with Crippen LogP contribution in [0.1, 0.15) is 26.2 Å².